The molecule has 1 aromatic rings. The van der Waals surface area contributed by atoms with Crippen LogP contribution in [0.5, 0.6) is 5.75 Å². The number of methoxy groups -OCH3 is 1. The summed E-state index contributed by atoms with van der Waals surface area (Å²) in [5.41, 5.74) is 0.570. The van der Waals surface area contributed by atoms with Crippen molar-refractivity contribution in [2.75, 3.05) is 46.9 Å². The summed E-state index contributed by atoms with van der Waals surface area (Å²) in [5.74, 6) is 0.303. The van der Waals surface area contributed by atoms with Gasteiger partial charge < -0.3 is 14.5 Å². The van der Waals surface area contributed by atoms with Crippen LogP contribution in [0.2, 0.25) is 5.02 Å². The molecule has 0 unspecified atom stereocenters. The maximum absolute atomic E-state index is 13.8. The van der Waals surface area contributed by atoms with Crippen molar-refractivity contribution in [2.45, 2.75) is 12.8 Å². The van der Waals surface area contributed by atoms with Crippen LogP contribution >= 0.6 is 11.6 Å². The second-order valence-corrected chi connectivity index (χ2v) is 5.67. The Hall–Kier alpha value is -0.840. The summed E-state index contributed by atoms with van der Waals surface area (Å²) in [5, 5.41) is 0.408. The highest BCUT2D eigenvalue weighted by atomic mass is 35.5. The molecule has 1 aliphatic heterocycles. The lowest BCUT2D eigenvalue weighted by Gasteiger charge is -2.32. The van der Waals surface area contributed by atoms with Crippen molar-refractivity contribution in [1.82, 2.24) is 9.80 Å². The number of hydrogen-bond acceptors (Lipinski definition) is 3. The van der Waals surface area contributed by atoms with Gasteiger partial charge in [0.1, 0.15) is 11.6 Å². The topological polar surface area (TPSA) is 15.7 Å². The molecular formula is C15H22ClFN2O. The quantitative estimate of drug-likeness (QED) is 0.831. The number of piperazine rings is 1. The molecule has 1 aliphatic rings. The van der Waals surface area contributed by atoms with Crippen LogP contribution < -0.4 is 4.74 Å². The van der Waals surface area contributed by atoms with Gasteiger partial charge in [0.05, 0.1) is 12.1 Å². The molecular weight excluding hydrogens is 279 g/mol. The van der Waals surface area contributed by atoms with E-state index in [9.17, 15) is 4.39 Å². The number of halogens is 2. The van der Waals surface area contributed by atoms with Crippen LogP contribution in [0.4, 0.5) is 4.39 Å². The Bertz CT molecular complexity index is 448. The van der Waals surface area contributed by atoms with E-state index in [4.69, 9.17) is 16.3 Å². The van der Waals surface area contributed by atoms with Crippen LogP contribution in [0, 0.1) is 5.82 Å². The minimum atomic E-state index is -0.242. The predicted molar refractivity (Wildman–Crippen MR) is 80.2 cm³/mol. The van der Waals surface area contributed by atoms with Crippen molar-refractivity contribution >= 4 is 11.6 Å². The van der Waals surface area contributed by atoms with Gasteiger partial charge in [-0.3, -0.25) is 0 Å². The van der Waals surface area contributed by atoms with Gasteiger partial charge in [-0.05, 0) is 38.6 Å². The van der Waals surface area contributed by atoms with Crippen LogP contribution in [0.15, 0.2) is 12.1 Å². The Morgan fingerprint density at radius 1 is 1.25 bits per heavy atom. The molecule has 112 valence electrons. The maximum Gasteiger partial charge on any atom is 0.137 e. The van der Waals surface area contributed by atoms with E-state index in [-0.39, 0.29) is 5.82 Å². The lowest BCUT2D eigenvalue weighted by atomic mass is 10.1. The first-order valence-corrected chi connectivity index (χ1v) is 7.41. The van der Waals surface area contributed by atoms with Crippen LogP contribution in [0.25, 0.3) is 0 Å². The largest absolute Gasteiger partial charge is 0.495 e. The molecule has 0 amide bonds. The van der Waals surface area contributed by atoms with E-state index in [1.807, 2.05) is 0 Å². The summed E-state index contributed by atoms with van der Waals surface area (Å²) in [6.45, 7) is 5.37. The second-order valence-electron chi connectivity index (χ2n) is 5.29. The SMILES string of the molecule is COc1ccc(F)c(CCCN2CCN(C)CC2)c1Cl. The number of benzene rings is 1. The number of ether oxygens (including phenoxy) is 1. The second kappa shape index (κ2) is 7.25. The van der Waals surface area contributed by atoms with Crippen LogP contribution in [0.1, 0.15) is 12.0 Å². The molecule has 1 fully saturated rings. The summed E-state index contributed by atoms with van der Waals surface area (Å²) in [6, 6.07) is 3.00. The summed E-state index contributed by atoms with van der Waals surface area (Å²) in [4.78, 5) is 4.75. The highest BCUT2D eigenvalue weighted by Gasteiger charge is 2.15. The first-order valence-electron chi connectivity index (χ1n) is 7.03. The fourth-order valence-corrected chi connectivity index (χ4v) is 2.84. The molecule has 0 saturated carbocycles. The van der Waals surface area contributed by atoms with E-state index in [0.717, 1.165) is 39.1 Å². The first kappa shape index (κ1) is 15.5. The molecule has 0 spiro atoms. The van der Waals surface area contributed by atoms with Gasteiger partial charge in [0, 0.05) is 31.7 Å². The van der Waals surface area contributed by atoms with Crippen LogP contribution in [-0.4, -0.2) is 56.7 Å². The van der Waals surface area contributed by atoms with Crippen molar-refractivity contribution in [3.05, 3.63) is 28.5 Å². The van der Waals surface area contributed by atoms with Crippen LogP contribution in [-0.2, 0) is 6.42 Å². The highest BCUT2D eigenvalue weighted by Crippen LogP contribution is 2.30. The van der Waals surface area contributed by atoms with Crippen molar-refractivity contribution in [3.8, 4) is 5.75 Å². The van der Waals surface area contributed by atoms with Gasteiger partial charge in [-0.2, -0.15) is 0 Å². The minimum Gasteiger partial charge on any atom is -0.495 e. The number of likely N-dealkylation sites (N-methyl/N-ethyl adjacent to an activating group) is 1. The Balaban J connectivity index is 1.88. The molecule has 1 heterocycles. The van der Waals surface area contributed by atoms with Gasteiger partial charge in [0.15, 0.2) is 0 Å². The number of nitrogens with zero attached hydrogens (tertiary/aromatic N) is 2. The number of hydrogen-bond donors (Lipinski definition) is 0. The zero-order valence-electron chi connectivity index (χ0n) is 12.2. The van der Waals surface area contributed by atoms with E-state index < -0.39 is 0 Å². The molecule has 0 atom stereocenters. The van der Waals surface area contributed by atoms with Crippen molar-refractivity contribution in [1.29, 1.82) is 0 Å². The van der Waals surface area contributed by atoms with Gasteiger partial charge in [-0.25, -0.2) is 4.39 Å². The molecule has 1 saturated heterocycles. The Labute approximate surface area is 125 Å². The Kier molecular flexibility index (Phi) is 5.64. The third-order valence-corrected chi connectivity index (χ3v) is 4.28. The van der Waals surface area contributed by atoms with Gasteiger partial charge in [0.25, 0.3) is 0 Å². The summed E-state index contributed by atoms with van der Waals surface area (Å²) < 4.78 is 19.0. The Morgan fingerprint density at radius 2 is 1.95 bits per heavy atom. The van der Waals surface area contributed by atoms with E-state index in [2.05, 4.69) is 16.8 Å². The van der Waals surface area contributed by atoms with Crippen molar-refractivity contribution in [2.24, 2.45) is 0 Å². The maximum atomic E-state index is 13.8. The molecule has 20 heavy (non-hydrogen) atoms. The van der Waals surface area contributed by atoms with E-state index in [0.29, 0.717) is 22.8 Å². The Morgan fingerprint density at radius 3 is 2.60 bits per heavy atom. The van der Waals surface area contributed by atoms with Gasteiger partial charge >= 0.3 is 0 Å². The monoisotopic (exact) mass is 300 g/mol. The first-order chi connectivity index (χ1) is 9.61. The molecule has 0 aliphatic carbocycles. The standard InChI is InChI=1S/C15H22ClFN2O/c1-18-8-10-19(11-9-18)7-3-4-12-13(17)5-6-14(20-2)15(12)16/h5-6H,3-4,7-11H2,1-2H3. The van der Waals surface area contributed by atoms with E-state index in [1.165, 1.54) is 6.07 Å². The normalized spacial score (nSPS) is 17.4. The average molecular weight is 301 g/mol. The molecule has 0 aromatic heterocycles. The summed E-state index contributed by atoms with van der Waals surface area (Å²) >= 11 is 6.17. The van der Waals surface area contributed by atoms with Gasteiger partial charge in [-0.1, -0.05) is 11.6 Å². The third-order valence-electron chi connectivity index (χ3n) is 3.87. The third kappa shape index (κ3) is 3.84. The lowest BCUT2D eigenvalue weighted by molar-refractivity contribution is 0.153. The lowest BCUT2D eigenvalue weighted by Crippen LogP contribution is -2.44. The fourth-order valence-electron chi connectivity index (χ4n) is 2.51. The van der Waals surface area contributed by atoms with E-state index >= 15 is 0 Å². The molecule has 0 N–H and O–H groups in total. The zero-order valence-corrected chi connectivity index (χ0v) is 12.9. The number of rotatable bonds is 5. The zero-order chi connectivity index (χ0) is 14.5. The highest BCUT2D eigenvalue weighted by molar-refractivity contribution is 6.32. The van der Waals surface area contributed by atoms with Crippen molar-refractivity contribution < 1.29 is 9.13 Å². The van der Waals surface area contributed by atoms with Gasteiger partial charge in [-0.15, -0.1) is 0 Å². The summed E-state index contributed by atoms with van der Waals surface area (Å²) in [6.07, 6.45) is 1.56. The molecule has 1 aromatic carbocycles. The molecule has 2 rings (SSSR count). The molecule has 5 heteroatoms. The van der Waals surface area contributed by atoms with Crippen molar-refractivity contribution in [3.63, 3.8) is 0 Å². The smallest absolute Gasteiger partial charge is 0.137 e. The molecule has 3 nitrogen and oxygen atoms in total. The predicted octanol–water partition coefficient (Wildman–Crippen LogP) is 2.67. The fraction of sp³-hybridized carbons (Fsp3) is 0.600. The molecule has 0 radical (unpaired) electrons. The summed E-state index contributed by atoms with van der Waals surface area (Å²) in [7, 11) is 3.69. The van der Waals surface area contributed by atoms with Gasteiger partial charge in [0.2, 0.25) is 0 Å². The minimum absolute atomic E-state index is 0.242. The average Bonchev–Trinajstić information content (AvgIpc) is 2.44. The molecule has 0 bridgehead atoms. The van der Waals surface area contributed by atoms with E-state index in [1.54, 1.807) is 13.2 Å². The van der Waals surface area contributed by atoms with Crippen LogP contribution in [0.3, 0.4) is 0 Å².